The van der Waals surface area contributed by atoms with E-state index in [1.807, 2.05) is 0 Å². The summed E-state index contributed by atoms with van der Waals surface area (Å²) in [5.74, 6) is 0. The molecule has 0 aromatic heterocycles. The van der Waals surface area contributed by atoms with Crippen LogP contribution >= 0.6 is 0 Å². The quantitative estimate of drug-likeness (QED) is 0.646. The lowest BCUT2D eigenvalue weighted by Crippen LogP contribution is -2.43. The van der Waals surface area contributed by atoms with Crippen molar-refractivity contribution in [2.45, 2.75) is 45.8 Å². The Morgan fingerprint density at radius 1 is 1.42 bits per heavy atom. The maximum absolute atomic E-state index is 10.0. The van der Waals surface area contributed by atoms with E-state index in [0.717, 1.165) is 13.0 Å². The van der Waals surface area contributed by atoms with Crippen LogP contribution in [0.15, 0.2) is 0 Å². The molecule has 2 heteroatoms. The first-order valence-electron chi connectivity index (χ1n) is 4.81. The first-order chi connectivity index (χ1) is 5.43. The first-order valence-corrected chi connectivity index (χ1v) is 4.81. The second kappa shape index (κ2) is 3.35. The molecule has 1 fully saturated rings. The van der Waals surface area contributed by atoms with Gasteiger partial charge in [0.15, 0.2) is 0 Å². The summed E-state index contributed by atoms with van der Waals surface area (Å²) in [5, 5.41) is 10.0. The zero-order valence-electron chi connectivity index (χ0n) is 8.67. The summed E-state index contributed by atoms with van der Waals surface area (Å²) in [7, 11) is 2.10. The van der Waals surface area contributed by atoms with Crippen molar-refractivity contribution in [1.82, 2.24) is 4.90 Å². The average molecular weight is 171 g/mol. The van der Waals surface area contributed by atoms with Crippen molar-refractivity contribution >= 4 is 0 Å². The summed E-state index contributed by atoms with van der Waals surface area (Å²) in [4.78, 5) is 2.27. The monoisotopic (exact) mass is 171 g/mol. The number of aliphatic hydroxyl groups is 1. The van der Waals surface area contributed by atoms with Crippen LogP contribution in [0, 0.1) is 5.41 Å². The minimum absolute atomic E-state index is 0.0171. The molecular formula is C10H21NO. The lowest BCUT2D eigenvalue weighted by molar-refractivity contribution is 0.00263. The third-order valence-corrected chi connectivity index (χ3v) is 2.83. The molecule has 0 amide bonds. The molecule has 2 nitrogen and oxygen atoms in total. The Labute approximate surface area is 75.6 Å². The predicted molar refractivity (Wildman–Crippen MR) is 51.1 cm³/mol. The van der Waals surface area contributed by atoms with Gasteiger partial charge in [-0.15, -0.1) is 0 Å². The van der Waals surface area contributed by atoms with Crippen LogP contribution in [0.1, 0.15) is 33.6 Å². The van der Waals surface area contributed by atoms with Crippen LogP contribution in [0.4, 0.5) is 0 Å². The van der Waals surface area contributed by atoms with E-state index in [1.165, 1.54) is 6.42 Å². The van der Waals surface area contributed by atoms with Crippen LogP contribution < -0.4 is 0 Å². The highest BCUT2D eigenvalue weighted by atomic mass is 16.3. The third kappa shape index (κ3) is 1.99. The van der Waals surface area contributed by atoms with Crippen molar-refractivity contribution in [3.8, 4) is 0 Å². The maximum Gasteiger partial charge on any atom is 0.0743 e. The van der Waals surface area contributed by atoms with Gasteiger partial charge in [-0.1, -0.05) is 20.8 Å². The third-order valence-electron chi connectivity index (χ3n) is 2.83. The molecule has 72 valence electrons. The molecule has 0 unspecified atom stereocenters. The summed E-state index contributed by atoms with van der Waals surface area (Å²) < 4.78 is 0. The first kappa shape index (κ1) is 10.0. The average Bonchev–Trinajstić information content (AvgIpc) is 2.31. The van der Waals surface area contributed by atoms with E-state index in [2.05, 4.69) is 32.7 Å². The molecule has 1 aliphatic heterocycles. The van der Waals surface area contributed by atoms with Gasteiger partial charge >= 0.3 is 0 Å². The van der Waals surface area contributed by atoms with Crippen molar-refractivity contribution in [2.75, 3.05) is 13.6 Å². The summed E-state index contributed by atoms with van der Waals surface area (Å²) in [6.45, 7) is 7.44. The molecule has 0 spiro atoms. The van der Waals surface area contributed by atoms with Crippen LogP contribution in [0.25, 0.3) is 0 Å². The highest BCUT2D eigenvalue weighted by molar-refractivity contribution is 4.88. The van der Waals surface area contributed by atoms with Crippen molar-refractivity contribution < 1.29 is 5.11 Å². The minimum atomic E-state index is -0.190. The van der Waals surface area contributed by atoms with Crippen LogP contribution in [-0.4, -0.2) is 35.7 Å². The largest absolute Gasteiger partial charge is 0.391 e. The van der Waals surface area contributed by atoms with Gasteiger partial charge < -0.3 is 10.0 Å². The molecule has 1 rings (SSSR count). The normalized spacial score (nSPS) is 29.2. The van der Waals surface area contributed by atoms with Crippen molar-refractivity contribution in [2.24, 2.45) is 5.41 Å². The molecular weight excluding hydrogens is 150 g/mol. The maximum atomic E-state index is 10.0. The van der Waals surface area contributed by atoms with E-state index in [4.69, 9.17) is 0 Å². The van der Waals surface area contributed by atoms with E-state index in [0.29, 0.717) is 6.04 Å². The minimum Gasteiger partial charge on any atom is -0.391 e. The fourth-order valence-corrected chi connectivity index (χ4v) is 1.91. The number of hydrogen-bond acceptors (Lipinski definition) is 2. The van der Waals surface area contributed by atoms with E-state index in [1.54, 1.807) is 0 Å². The molecule has 0 saturated carbocycles. The fourth-order valence-electron chi connectivity index (χ4n) is 1.91. The summed E-state index contributed by atoms with van der Waals surface area (Å²) in [6.07, 6.45) is 2.19. The van der Waals surface area contributed by atoms with Gasteiger partial charge in [0, 0.05) is 6.04 Å². The molecule has 1 heterocycles. The Balaban J connectivity index is 2.57. The topological polar surface area (TPSA) is 23.5 Å². The lowest BCUT2D eigenvalue weighted by atomic mass is 9.84. The van der Waals surface area contributed by atoms with E-state index < -0.39 is 0 Å². The standard InChI is InChI=1S/C10H21NO/c1-10(2,3)9(12)8-6-5-7-11(8)4/h8-9,12H,5-7H2,1-4H3/t8-,9+/m0/s1. The van der Waals surface area contributed by atoms with Crippen molar-refractivity contribution in [1.29, 1.82) is 0 Å². The molecule has 2 atom stereocenters. The van der Waals surface area contributed by atoms with Gasteiger partial charge in [-0.3, -0.25) is 0 Å². The Morgan fingerprint density at radius 2 is 2.00 bits per heavy atom. The number of likely N-dealkylation sites (tertiary alicyclic amines) is 1. The fraction of sp³-hybridized carbons (Fsp3) is 1.00. The smallest absolute Gasteiger partial charge is 0.0743 e. The van der Waals surface area contributed by atoms with E-state index in [9.17, 15) is 5.11 Å². The van der Waals surface area contributed by atoms with Gasteiger partial charge in [0.1, 0.15) is 0 Å². The number of nitrogens with zero attached hydrogens (tertiary/aromatic N) is 1. The van der Waals surface area contributed by atoms with Gasteiger partial charge in [-0.05, 0) is 31.8 Å². The molecule has 12 heavy (non-hydrogen) atoms. The van der Waals surface area contributed by atoms with Crippen LogP contribution in [0.3, 0.4) is 0 Å². The highest BCUT2D eigenvalue weighted by Gasteiger charge is 2.34. The number of rotatable bonds is 1. The summed E-state index contributed by atoms with van der Waals surface area (Å²) >= 11 is 0. The lowest BCUT2D eigenvalue weighted by Gasteiger charge is -2.34. The Kier molecular flexibility index (Phi) is 2.79. The van der Waals surface area contributed by atoms with Gasteiger partial charge in [-0.2, -0.15) is 0 Å². The molecule has 0 aliphatic carbocycles. The number of aliphatic hydroxyl groups excluding tert-OH is 1. The molecule has 1 N–H and O–H groups in total. The second-order valence-corrected chi connectivity index (χ2v) is 5.00. The van der Waals surface area contributed by atoms with E-state index >= 15 is 0 Å². The van der Waals surface area contributed by atoms with Gasteiger partial charge in [0.25, 0.3) is 0 Å². The zero-order chi connectivity index (χ0) is 9.35. The van der Waals surface area contributed by atoms with Crippen molar-refractivity contribution in [3.05, 3.63) is 0 Å². The van der Waals surface area contributed by atoms with Gasteiger partial charge in [0.05, 0.1) is 6.10 Å². The molecule has 1 aliphatic rings. The second-order valence-electron chi connectivity index (χ2n) is 5.00. The van der Waals surface area contributed by atoms with E-state index in [-0.39, 0.29) is 11.5 Å². The van der Waals surface area contributed by atoms with Crippen LogP contribution in [0.2, 0.25) is 0 Å². The molecule has 0 aromatic carbocycles. The van der Waals surface area contributed by atoms with Crippen LogP contribution in [0.5, 0.6) is 0 Å². The zero-order valence-corrected chi connectivity index (χ0v) is 8.67. The molecule has 0 aromatic rings. The Hall–Kier alpha value is -0.0800. The number of likely N-dealkylation sites (N-methyl/N-ethyl adjacent to an activating group) is 1. The molecule has 0 radical (unpaired) electrons. The molecule has 0 bridgehead atoms. The SMILES string of the molecule is CN1CCC[C@H]1[C@@H](O)C(C)(C)C. The van der Waals surface area contributed by atoms with Gasteiger partial charge in [-0.25, -0.2) is 0 Å². The molecule has 1 saturated heterocycles. The van der Waals surface area contributed by atoms with Crippen molar-refractivity contribution in [3.63, 3.8) is 0 Å². The highest BCUT2D eigenvalue weighted by Crippen LogP contribution is 2.29. The number of hydrogen-bond donors (Lipinski definition) is 1. The Bertz CT molecular complexity index is 150. The summed E-state index contributed by atoms with van der Waals surface area (Å²) in [5.41, 5.74) is 0.0171. The van der Waals surface area contributed by atoms with Crippen LogP contribution in [-0.2, 0) is 0 Å². The van der Waals surface area contributed by atoms with Gasteiger partial charge in [0.2, 0.25) is 0 Å². The Morgan fingerprint density at radius 3 is 2.33 bits per heavy atom. The summed E-state index contributed by atoms with van der Waals surface area (Å²) in [6, 6.07) is 0.380. The predicted octanol–water partition coefficient (Wildman–Crippen LogP) is 1.49.